The van der Waals surface area contributed by atoms with Gasteiger partial charge in [-0.2, -0.15) is 5.10 Å². The molecule has 0 saturated heterocycles. The Hall–Kier alpha value is -0.830. The van der Waals surface area contributed by atoms with E-state index in [1.54, 1.807) is 0 Å². The normalized spacial score (nSPS) is 13.0. The van der Waals surface area contributed by atoms with Gasteiger partial charge in [0.25, 0.3) is 0 Å². The molecule has 1 aromatic heterocycles. The van der Waals surface area contributed by atoms with E-state index in [2.05, 4.69) is 30.3 Å². The highest BCUT2D eigenvalue weighted by molar-refractivity contribution is 4.98. The van der Waals surface area contributed by atoms with Gasteiger partial charge in [-0.3, -0.25) is 4.68 Å². The van der Waals surface area contributed by atoms with Gasteiger partial charge >= 0.3 is 0 Å². The fourth-order valence-electron chi connectivity index (χ4n) is 1.66. The summed E-state index contributed by atoms with van der Waals surface area (Å²) in [5, 5.41) is 7.87. The van der Waals surface area contributed by atoms with Gasteiger partial charge in [-0.05, 0) is 19.4 Å². The van der Waals surface area contributed by atoms with Gasteiger partial charge < -0.3 is 5.32 Å². The van der Waals surface area contributed by atoms with Crippen molar-refractivity contribution in [3.63, 3.8) is 0 Å². The van der Waals surface area contributed by atoms with Crippen molar-refractivity contribution in [2.75, 3.05) is 6.54 Å². The Bertz CT molecular complexity index is 268. The smallest absolute Gasteiger partial charge is 0.0637 e. The third kappa shape index (κ3) is 4.98. The second-order valence-electron chi connectivity index (χ2n) is 4.23. The number of aryl methyl sites for hydroxylation is 1. The highest BCUT2D eigenvalue weighted by Crippen LogP contribution is 2.00. The van der Waals surface area contributed by atoms with E-state index in [1.807, 2.05) is 17.9 Å². The second kappa shape index (κ2) is 6.62. The van der Waals surface area contributed by atoms with Crippen LogP contribution in [0.4, 0.5) is 0 Å². The lowest BCUT2D eigenvalue weighted by molar-refractivity contribution is 0.496. The van der Waals surface area contributed by atoms with E-state index in [1.165, 1.54) is 25.0 Å². The standard InChI is InChI=1S/C12H23N3/c1-4-5-6-11(2)13-9-7-12-8-10-15(3)14-12/h8,10-11,13H,4-7,9H2,1-3H3. The van der Waals surface area contributed by atoms with Crippen LogP contribution in [-0.2, 0) is 13.5 Å². The lowest BCUT2D eigenvalue weighted by Crippen LogP contribution is -2.28. The summed E-state index contributed by atoms with van der Waals surface area (Å²) >= 11 is 0. The molecule has 0 aliphatic rings. The molecule has 0 amide bonds. The van der Waals surface area contributed by atoms with Crippen molar-refractivity contribution in [1.29, 1.82) is 0 Å². The molecule has 1 atom stereocenters. The molecule has 0 spiro atoms. The number of aromatic nitrogens is 2. The quantitative estimate of drug-likeness (QED) is 0.745. The minimum absolute atomic E-state index is 0.633. The fourth-order valence-corrected chi connectivity index (χ4v) is 1.66. The topological polar surface area (TPSA) is 29.9 Å². The zero-order valence-corrected chi connectivity index (χ0v) is 10.2. The van der Waals surface area contributed by atoms with Crippen LogP contribution in [0.2, 0.25) is 0 Å². The summed E-state index contributed by atoms with van der Waals surface area (Å²) in [6.07, 6.45) is 6.90. The molecule has 1 rings (SSSR count). The van der Waals surface area contributed by atoms with Crippen molar-refractivity contribution < 1.29 is 0 Å². The molecule has 1 heterocycles. The highest BCUT2D eigenvalue weighted by Gasteiger charge is 2.01. The maximum Gasteiger partial charge on any atom is 0.0637 e. The summed E-state index contributed by atoms with van der Waals surface area (Å²) in [5.74, 6) is 0. The van der Waals surface area contributed by atoms with E-state index in [0.717, 1.165) is 13.0 Å². The highest BCUT2D eigenvalue weighted by atomic mass is 15.2. The molecule has 0 aliphatic heterocycles. The van der Waals surface area contributed by atoms with Gasteiger partial charge in [0.15, 0.2) is 0 Å². The molecule has 0 bridgehead atoms. The van der Waals surface area contributed by atoms with Gasteiger partial charge in [0, 0.05) is 32.3 Å². The second-order valence-corrected chi connectivity index (χ2v) is 4.23. The van der Waals surface area contributed by atoms with Gasteiger partial charge in [0.05, 0.1) is 5.69 Å². The van der Waals surface area contributed by atoms with Crippen LogP contribution in [0.15, 0.2) is 12.3 Å². The third-order valence-electron chi connectivity index (χ3n) is 2.63. The Kier molecular flexibility index (Phi) is 5.40. The van der Waals surface area contributed by atoms with Crippen molar-refractivity contribution in [3.05, 3.63) is 18.0 Å². The van der Waals surface area contributed by atoms with E-state index in [9.17, 15) is 0 Å². The van der Waals surface area contributed by atoms with Crippen LogP contribution in [-0.4, -0.2) is 22.4 Å². The molecule has 1 aromatic rings. The number of nitrogens with zero attached hydrogens (tertiary/aromatic N) is 2. The van der Waals surface area contributed by atoms with Crippen molar-refractivity contribution >= 4 is 0 Å². The fraction of sp³-hybridized carbons (Fsp3) is 0.750. The van der Waals surface area contributed by atoms with Crippen LogP contribution in [0.1, 0.15) is 38.8 Å². The van der Waals surface area contributed by atoms with Crippen LogP contribution in [0, 0.1) is 0 Å². The predicted molar refractivity (Wildman–Crippen MR) is 63.9 cm³/mol. The molecule has 15 heavy (non-hydrogen) atoms. The number of rotatable bonds is 7. The predicted octanol–water partition coefficient (Wildman–Crippen LogP) is 2.13. The first-order valence-electron chi connectivity index (χ1n) is 5.94. The Labute approximate surface area is 92.9 Å². The first kappa shape index (κ1) is 12.2. The van der Waals surface area contributed by atoms with E-state index < -0.39 is 0 Å². The van der Waals surface area contributed by atoms with Gasteiger partial charge in [0.2, 0.25) is 0 Å². The first-order valence-corrected chi connectivity index (χ1v) is 5.94. The van der Waals surface area contributed by atoms with Crippen molar-refractivity contribution in [2.45, 2.75) is 45.6 Å². The zero-order valence-electron chi connectivity index (χ0n) is 10.2. The molecule has 86 valence electrons. The van der Waals surface area contributed by atoms with E-state index in [0.29, 0.717) is 6.04 Å². The molecule has 1 unspecified atom stereocenters. The Balaban J connectivity index is 2.10. The summed E-state index contributed by atoms with van der Waals surface area (Å²) in [6.45, 7) is 5.52. The Morgan fingerprint density at radius 2 is 2.33 bits per heavy atom. The molecule has 1 N–H and O–H groups in total. The molecule has 0 saturated carbocycles. The van der Waals surface area contributed by atoms with Crippen LogP contribution in [0.5, 0.6) is 0 Å². The Morgan fingerprint density at radius 1 is 1.53 bits per heavy atom. The molecule has 3 nitrogen and oxygen atoms in total. The minimum atomic E-state index is 0.633. The summed E-state index contributed by atoms with van der Waals surface area (Å²) in [7, 11) is 1.96. The first-order chi connectivity index (χ1) is 7.22. The number of unbranched alkanes of at least 4 members (excludes halogenated alkanes) is 1. The Morgan fingerprint density at radius 3 is 2.93 bits per heavy atom. The summed E-state index contributed by atoms with van der Waals surface area (Å²) in [4.78, 5) is 0. The van der Waals surface area contributed by atoms with Crippen molar-refractivity contribution in [3.8, 4) is 0 Å². The molecule has 0 aromatic carbocycles. The number of nitrogens with one attached hydrogen (secondary N) is 1. The van der Waals surface area contributed by atoms with Crippen molar-refractivity contribution in [2.24, 2.45) is 7.05 Å². The molecular weight excluding hydrogens is 186 g/mol. The largest absolute Gasteiger partial charge is 0.314 e. The maximum atomic E-state index is 4.35. The van der Waals surface area contributed by atoms with Crippen molar-refractivity contribution in [1.82, 2.24) is 15.1 Å². The lowest BCUT2D eigenvalue weighted by Gasteiger charge is -2.12. The minimum Gasteiger partial charge on any atom is -0.314 e. The van der Waals surface area contributed by atoms with Gasteiger partial charge in [-0.1, -0.05) is 19.8 Å². The van der Waals surface area contributed by atoms with Crippen LogP contribution >= 0.6 is 0 Å². The van der Waals surface area contributed by atoms with E-state index in [4.69, 9.17) is 0 Å². The average Bonchev–Trinajstić information content (AvgIpc) is 2.61. The van der Waals surface area contributed by atoms with Crippen LogP contribution in [0.25, 0.3) is 0 Å². The van der Waals surface area contributed by atoms with Gasteiger partial charge in [-0.15, -0.1) is 0 Å². The molecule has 0 aliphatic carbocycles. The molecule has 0 fully saturated rings. The third-order valence-corrected chi connectivity index (χ3v) is 2.63. The van der Waals surface area contributed by atoms with E-state index in [-0.39, 0.29) is 0 Å². The van der Waals surface area contributed by atoms with E-state index >= 15 is 0 Å². The molecule has 0 radical (unpaired) electrons. The summed E-state index contributed by atoms with van der Waals surface area (Å²) in [5.41, 5.74) is 1.17. The summed E-state index contributed by atoms with van der Waals surface area (Å²) < 4.78 is 1.86. The van der Waals surface area contributed by atoms with Gasteiger partial charge in [0.1, 0.15) is 0 Å². The monoisotopic (exact) mass is 209 g/mol. The molecule has 3 heteroatoms. The number of hydrogen-bond acceptors (Lipinski definition) is 2. The SMILES string of the molecule is CCCCC(C)NCCc1ccn(C)n1. The molecular formula is C12H23N3. The summed E-state index contributed by atoms with van der Waals surface area (Å²) in [6, 6.07) is 2.71. The van der Waals surface area contributed by atoms with Crippen LogP contribution < -0.4 is 5.32 Å². The van der Waals surface area contributed by atoms with Gasteiger partial charge in [-0.25, -0.2) is 0 Å². The number of hydrogen-bond donors (Lipinski definition) is 1. The average molecular weight is 209 g/mol. The zero-order chi connectivity index (χ0) is 11.1. The lowest BCUT2D eigenvalue weighted by atomic mass is 10.1. The van der Waals surface area contributed by atoms with Crippen LogP contribution in [0.3, 0.4) is 0 Å². The maximum absolute atomic E-state index is 4.35.